The third kappa shape index (κ3) is 4.06. The van der Waals surface area contributed by atoms with Crippen LogP contribution in [0.25, 0.3) is 0 Å². The van der Waals surface area contributed by atoms with Gasteiger partial charge in [0.2, 0.25) is 0 Å². The molecule has 1 aromatic carbocycles. The van der Waals surface area contributed by atoms with E-state index >= 15 is 0 Å². The molecule has 8 heteroatoms. The highest BCUT2D eigenvalue weighted by atomic mass is 19.1. The van der Waals surface area contributed by atoms with E-state index in [9.17, 15) is 9.18 Å². The van der Waals surface area contributed by atoms with Crippen LogP contribution in [0.15, 0.2) is 36.7 Å². The molecule has 27 heavy (non-hydrogen) atoms. The van der Waals surface area contributed by atoms with Gasteiger partial charge in [-0.1, -0.05) is 12.1 Å². The van der Waals surface area contributed by atoms with Crippen LogP contribution in [-0.2, 0) is 16.0 Å². The molecule has 4 rings (SSSR count). The number of hydrogen-bond donors (Lipinski definition) is 1. The Balaban J connectivity index is 1.31. The van der Waals surface area contributed by atoms with Crippen molar-refractivity contribution in [2.75, 3.05) is 31.6 Å². The zero-order chi connectivity index (χ0) is 18.7. The van der Waals surface area contributed by atoms with Crippen molar-refractivity contribution in [3.8, 4) is 0 Å². The third-order valence-electron chi connectivity index (χ3n) is 4.88. The van der Waals surface area contributed by atoms with Gasteiger partial charge in [0.1, 0.15) is 17.3 Å². The number of hydrogen-bond acceptors (Lipinski definition) is 6. The summed E-state index contributed by atoms with van der Waals surface area (Å²) in [4.78, 5) is 22.9. The lowest BCUT2D eigenvalue weighted by Gasteiger charge is -2.37. The van der Waals surface area contributed by atoms with E-state index in [1.165, 1.54) is 24.5 Å². The Kier molecular flexibility index (Phi) is 5.00. The highest BCUT2D eigenvalue weighted by molar-refractivity contribution is 5.92. The number of ether oxygens (including phenoxy) is 2. The molecule has 3 heterocycles. The summed E-state index contributed by atoms with van der Waals surface area (Å²) in [6.07, 6.45) is 4.35. The SMILES string of the molecule is O=C(c1cnc(NCc2ccc(F)cc2)cn1)N1CCC2(CC1)OCCO2. The Morgan fingerprint density at radius 2 is 1.81 bits per heavy atom. The van der Waals surface area contributed by atoms with Crippen molar-refractivity contribution in [2.45, 2.75) is 25.2 Å². The largest absolute Gasteiger partial charge is 0.365 e. The zero-order valence-corrected chi connectivity index (χ0v) is 14.9. The first kappa shape index (κ1) is 17.8. The molecule has 1 N–H and O–H groups in total. The molecule has 2 aliphatic heterocycles. The summed E-state index contributed by atoms with van der Waals surface area (Å²) in [6.45, 7) is 2.88. The van der Waals surface area contributed by atoms with Crippen LogP contribution in [0, 0.1) is 5.82 Å². The second kappa shape index (κ2) is 7.58. The number of halogens is 1. The fourth-order valence-corrected chi connectivity index (χ4v) is 3.32. The molecular weight excluding hydrogens is 351 g/mol. The van der Waals surface area contributed by atoms with Crippen molar-refractivity contribution in [2.24, 2.45) is 0 Å². The summed E-state index contributed by atoms with van der Waals surface area (Å²) in [6, 6.07) is 6.23. The molecule has 2 aliphatic rings. The average molecular weight is 372 g/mol. The fourth-order valence-electron chi connectivity index (χ4n) is 3.32. The predicted octanol–water partition coefficient (Wildman–Crippen LogP) is 2.21. The lowest BCUT2D eigenvalue weighted by atomic mass is 10.0. The van der Waals surface area contributed by atoms with Crippen molar-refractivity contribution in [3.63, 3.8) is 0 Å². The maximum atomic E-state index is 12.9. The van der Waals surface area contributed by atoms with E-state index in [-0.39, 0.29) is 11.7 Å². The summed E-state index contributed by atoms with van der Waals surface area (Å²) < 4.78 is 24.3. The molecule has 0 unspecified atom stereocenters. The van der Waals surface area contributed by atoms with E-state index in [0.29, 0.717) is 57.2 Å². The number of benzene rings is 1. The first-order valence-corrected chi connectivity index (χ1v) is 9.01. The van der Waals surface area contributed by atoms with Gasteiger partial charge in [-0.05, 0) is 17.7 Å². The summed E-state index contributed by atoms with van der Waals surface area (Å²) in [5.41, 5.74) is 1.24. The van der Waals surface area contributed by atoms with Crippen LogP contribution in [0.2, 0.25) is 0 Å². The van der Waals surface area contributed by atoms with Gasteiger partial charge in [0, 0.05) is 32.5 Å². The van der Waals surface area contributed by atoms with Gasteiger partial charge in [-0.2, -0.15) is 0 Å². The van der Waals surface area contributed by atoms with E-state index in [1.54, 1.807) is 17.0 Å². The van der Waals surface area contributed by atoms with Gasteiger partial charge >= 0.3 is 0 Å². The average Bonchev–Trinajstić information content (AvgIpc) is 3.16. The van der Waals surface area contributed by atoms with Crippen molar-refractivity contribution < 1.29 is 18.7 Å². The molecule has 0 radical (unpaired) electrons. The standard InChI is InChI=1S/C19H21FN4O3/c20-15-3-1-14(2-4-15)11-22-17-13-21-16(12-23-17)18(25)24-7-5-19(6-8-24)26-9-10-27-19/h1-4,12-13H,5-11H2,(H,22,23). The van der Waals surface area contributed by atoms with Crippen molar-refractivity contribution in [1.29, 1.82) is 0 Å². The van der Waals surface area contributed by atoms with Crippen LogP contribution in [0.5, 0.6) is 0 Å². The quantitative estimate of drug-likeness (QED) is 0.887. The molecule has 1 amide bonds. The Labute approximate surface area is 156 Å². The first-order chi connectivity index (χ1) is 13.1. The number of nitrogens with zero attached hydrogens (tertiary/aromatic N) is 3. The lowest BCUT2D eigenvalue weighted by Crippen LogP contribution is -2.47. The molecule has 0 bridgehead atoms. The van der Waals surface area contributed by atoms with Crippen LogP contribution < -0.4 is 5.32 Å². The minimum atomic E-state index is -0.503. The second-order valence-electron chi connectivity index (χ2n) is 6.67. The van der Waals surface area contributed by atoms with Crippen LogP contribution in [-0.4, -0.2) is 52.9 Å². The molecule has 2 fully saturated rings. The Bertz CT molecular complexity index is 782. The summed E-state index contributed by atoms with van der Waals surface area (Å²) in [7, 11) is 0. The van der Waals surface area contributed by atoms with Crippen LogP contribution in [0.3, 0.4) is 0 Å². The van der Waals surface area contributed by atoms with Crippen molar-refractivity contribution >= 4 is 11.7 Å². The van der Waals surface area contributed by atoms with Gasteiger partial charge in [-0.15, -0.1) is 0 Å². The van der Waals surface area contributed by atoms with Gasteiger partial charge in [0.05, 0.1) is 25.6 Å². The summed E-state index contributed by atoms with van der Waals surface area (Å²) >= 11 is 0. The second-order valence-corrected chi connectivity index (χ2v) is 6.67. The van der Waals surface area contributed by atoms with Crippen LogP contribution in [0.4, 0.5) is 10.2 Å². The van der Waals surface area contributed by atoms with Gasteiger partial charge in [0.25, 0.3) is 5.91 Å². The molecule has 142 valence electrons. The number of likely N-dealkylation sites (tertiary alicyclic amines) is 1. The number of carbonyl (C=O) groups excluding carboxylic acids is 1. The summed E-state index contributed by atoms with van der Waals surface area (Å²) in [5.74, 6) is -0.353. The number of carbonyl (C=O) groups is 1. The Morgan fingerprint density at radius 3 is 2.44 bits per heavy atom. The predicted molar refractivity (Wildman–Crippen MR) is 95.5 cm³/mol. The number of rotatable bonds is 4. The van der Waals surface area contributed by atoms with Gasteiger partial charge in [-0.25, -0.2) is 14.4 Å². The number of nitrogens with one attached hydrogen (secondary N) is 1. The van der Waals surface area contributed by atoms with E-state index in [4.69, 9.17) is 9.47 Å². The van der Waals surface area contributed by atoms with E-state index in [1.807, 2.05) is 0 Å². The molecule has 2 aromatic rings. The van der Waals surface area contributed by atoms with Gasteiger partial charge in [0.15, 0.2) is 5.79 Å². The lowest BCUT2D eigenvalue weighted by molar-refractivity contribution is -0.181. The van der Waals surface area contributed by atoms with Crippen molar-refractivity contribution in [3.05, 3.63) is 53.7 Å². The van der Waals surface area contributed by atoms with Crippen LogP contribution in [0.1, 0.15) is 28.9 Å². The number of piperidine rings is 1. The molecule has 0 saturated carbocycles. The third-order valence-corrected chi connectivity index (χ3v) is 4.88. The first-order valence-electron chi connectivity index (χ1n) is 9.01. The topological polar surface area (TPSA) is 76.6 Å². The minimum Gasteiger partial charge on any atom is -0.365 e. The maximum absolute atomic E-state index is 12.9. The molecule has 0 aliphatic carbocycles. The Morgan fingerprint density at radius 1 is 1.11 bits per heavy atom. The van der Waals surface area contributed by atoms with Crippen LogP contribution >= 0.6 is 0 Å². The molecule has 7 nitrogen and oxygen atoms in total. The molecule has 0 atom stereocenters. The van der Waals surface area contributed by atoms with Gasteiger partial charge in [-0.3, -0.25) is 4.79 Å². The molecular formula is C19H21FN4O3. The van der Waals surface area contributed by atoms with E-state index in [2.05, 4.69) is 15.3 Å². The Hall–Kier alpha value is -2.58. The smallest absolute Gasteiger partial charge is 0.274 e. The normalized spacial score (nSPS) is 18.6. The summed E-state index contributed by atoms with van der Waals surface area (Å²) in [5, 5.41) is 3.10. The minimum absolute atomic E-state index is 0.138. The van der Waals surface area contributed by atoms with Crippen molar-refractivity contribution in [1.82, 2.24) is 14.9 Å². The number of amides is 1. The highest BCUT2D eigenvalue weighted by Crippen LogP contribution is 2.31. The monoisotopic (exact) mass is 372 g/mol. The maximum Gasteiger partial charge on any atom is 0.274 e. The van der Waals surface area contributed by atoms with E-state index in [0.717, 1.165) is 5.56 Å². The molecule has 2 saturated heterocycles. The number of aromatic nitrogens is 2. The zero-order valence-electron chi connectivity index (χ0n) is 14.9. The molecule has 1 aromatic heterocycles. The fraction of sp³-hybridized carbons (Fsp3) is 0.421. The molecule has 1 spiro atoms. The number of anilines is 1. The highest BCUT2D eigenvalue weighted by Gasteiger charge is 2.41. The van der Waals surface area contributed by atoms with E-state index < -0.39 is 5.79 Å². The van der Waals surface area contributed by atoms with Gasteiger partial charge < -0.3 is 19.7 Å².